The van der Waals surface area contributed by atoms with Crippen molar-refractivity contribution in [3.05, 3.63) is 0 Å². The molecule has 5 heteroatoms. The number of rotatable bonds is 2. The fourth-order valence-electron chi connectivity index (χ4n) is 2.91. The van der Waals surface area contributed by atoms with Crippen LogP contribution < -0.4 is 10.6 Å². The van der Waals surface area contributed by atoms with Crippen molar-refractivity contribution < 1.29 is 9.59 Å². The molecule has 2 fully saturated rings. The van der Waals surface area contributed by atoms with Crippen molar-refractivity contribution in [2.75, 3.05) is 19.6 Å². The lowest BCUT2D eigenvalue weighted by atomic mass is 9.93. The Hall–Kier alpha value is -1.10. The molecule has 0 bridgehead atoms. The lowest BCUT2D eigenvalue weighted by Crippen LogP contribution is -2.51. The van der Waals surface area contributed by atoms with Crippen LogP contribution in [-0.4, -0.2) is 48.4 Å². The van der Waals surface area contributed by atoms with Gasteiger partial charge in [0, 0.05) is 24.5 Å². The highest BCUT2D eigenvalue weighted by molar-refractivity contribution is 5.83. The van der Waals surface area contributed by atoms with Gasteiger partial charge in [0.15, 0.2) is 0 Å². The topological polar surface area (TPSA) is 61.4 Å². The average Bonchev–Trinajstić information content (AvgIpc) is 2.91. The maximum absolute atomic E-state index is 12.2. The Morgan fingerprint density at radius 1 is 1.15 bits per heavy atom. The van der Waals surface area contributed by atoms with Gasteiger partial charge in [-0.15, -0.1) is 0 Å². The molecule has 114 valence electrons. The molecule has 0 spiro atoms. The van der Waals surface area contributed by atoms with Gasteiger partial charge < -0.3 is 15.5 Å². The fraction of sp³-hybridized carbons (Fsp3) is 0.867. The van der Waals surface area contributed by atoms with Crippen molar-refractivity contribution in [3.63, 3.8) is 0 Å². The minimum atomic E-state index is -0.316. The summed E-state index contributed by atoms with van der Waals surface area (Å²) in [7, 11) is 0. The Morgan fingerprint density at radius 3 is 2.30 bits per heavy atom. The van der Waals surface area contributed by atoms with Gasteiger partial charge in [-0.05, 0) is 32.2 Å². The third-order valence-electron chi connectivity index (χ3n) is 4.15. The minimum Gasteiger partial charge on any atom is -0.352 e. The molecule has 0 unspecified atom stereocenters. The maximum atomic E-state index is 12.2. The van der Waals surface area contributed by atoms with Crippen LogP contribution >= 0.6 is 0 Å². The molecule has 2 amide bonds. The van der Waals surface area contributed by atoms with Crippen LogP contribution in [0.3, 0.4) is 0 Å². The number of amides is 2. The van der Waals surface area contributed by atoms with Gasteiger partial charge in [0.1, 0.15) is 0 Å². The van der Waals surface area contributed by atoms with E-state index in [0.717, 1.165) is 45.3 Å². The van der Waals surface area contributed by atoms with Crippen LogP contribution in [-0.2, 0) is 9.59 Å². The summed E-state index contributed by atoms with van der Waals surface area (Å²) in [5.41, 5.74) is -0.316. The van der Waals surface area contributed by atoms with Gasteiger partial charge in [-0.3, -0.25) is 9.59 Å². The van der Waals surface area contributed by atoms with Gasteiger partial charge in [0.2, 0.25) is 11.8 Å². The van der Waals surface area contributed by atoms with Crippen LogP contribution in [0.1, 0.15) is 46.5 Å². The van der Waals surface area contributed by atoms with Gasteiger partial charge in [0.05, 0.1) is 6.04 Å². The van der Waals surface area contributed by atoms with Crippen LogP contribution in [0.15, 0.2) is 0 Å². The quantitative estimate of drug-likeness (QED) is 0.790. The molecular formula is C15H27N3O2. The number of nitrogens with one attached hydrogen (secondary N) is 2. The first kappa shape index (κ1) is 15.3. The molecule has 0 aromatic heterocycles. The lowest BCUT2D eigenvalue weighted by Gasteiger charge is -2.36. The van der Waals surface area contributed by atoms with Crippen molar-refractivity contribution in [2.24, 2.45) is 5.41 Å². The Morgan fingerprint density at radius 2 is 1.80 bits per heavy atom. The van der Waals surface area contributed by atoms with E-state index >= 15 is 0 Å². The van der Waals surface area contributed by atoms with Gasteiger partial charge in [0.25, 0.3) is 0 Å². The molecule has 1 atom stereocenters. The zero-order valence-corrected chi connectivity index (χ0v) is 12.9. The highest BCUT2D eigenvalue weighted by Gasteiger charge is 2.31. The Bertz CT molecular complexity index is 362. The minimum absolute atomic E-state index is 0.00997. The van der Waals surface area contributed by atoms with E-state index < -0.39 is 0 Å². The summed E-state index contributed by atoms with van der Waals surface area (Å²) < 4.78 is 0. The predicted octanol–water partition coefficient (Wildman–Crippen LogP) is 0.892. The normalized spacial score (nSPS) is 24.8. The van der Waals surface area contributed by atoms with Gasteiger partial charge >= 0.3 is 0 Å². The summed E-state index contributed by atoms with van der Waals surface area (Å²) in [5, 5.41) is 6.34. The van der Waals surface area contributed by atoms with Crippen LogP contribution in [0.25, 0.3) is 0 Å². The number of carbonyl (C=O) groups is 2. The standard InChI is InChI=1S/C15H27N3O2/c1-15(2,3)14(20)18-9-6-11(7-10-18)17-13(19)12-5-4-8-16-12/h11-12,16H,4-10H2,1-3H3,(H,17,19)/t12-/m1/s1. The van der Waals surface area contributed by atoms with Crippen LogP contribution in [0.4, 0.5) is 0 Å². The monoisotopic (exact) mass is 281 g/mol. The molecule has 5 nitrogen and oxygen atoms in total. The fourth-order valence-corrected chi connectivity index (χ4v) is 2.91. The molecule has 2 heterocycles. The molecule has 2 N–H and O–H groups in total. The van der Waals surface area contributed by atoms with Crippen molar-refractivity contribution in [3.8, 4) is 0 Å². The molecule has 0 saturated carbocycles. The lowest BCUT2D eigenvalue weighted by molar-refractivity contribution is -0.140. The van der Waals surface area contributed by atoms with E-state index in [1.807, 2.05) is 25.7 Å². The molecule has 2 saturated heterocycles. The predicted molar refractivity (Wildman–Crippen MR) is 78.2 cm³/mol. The number of carbonyl (C=O) groups excluding carboxylic acids is 2. The molecule has 20 heavy (non-hydrogen) atoms. The second kappa shape index (κ2) is 6.12. The largest absolute Gasteiger partial charge is 0.352 e. The third-order valence-corrected chi connectivity index (χ3v) is 4.15. The van der Waals surface area contributed by atoms with E-state index in [-0.39, 0.29) is 29.3 Å². The summed E-state index contributed by atoms with van der Waals surface area (Å²) in [6.45, 7) is 8.30. The zero-order valence-electron chi connectivity index (χ0n) is 12.9. The Labute approximate surface area is 121 Å². The number of likely N-dealkylation sites (tertiary alicyclic amines) is 1. The zero-order chi connectivity index (χ0) is 14.8. The van der Waals surface area contributed by atoms with Gasteiger partial charge in [-0.25, -0.2) is 0 Å². The maximum Gasteiger partial charge on any atom is 0.237 e. The number of nitrogens with zero attached hydrogens (tertiary/aromatic N) is 1. The number of hydrogen-bond donors (Lipinski definition) is 2. The number of hydrogen-bond acceptors (Lipinski definition) is 3. The SMILES string of the molecule is CC(C)(C)C(=O)N1CCC(NC(=O)[C@H]2CCCN2)CC1. The van der Waals surface area contributed by atoms with E-state index in [1.165, 1.54) is 0 Å². The summed E-state index contributed by atoms with van der Waals surface area (Å²) in [4.78, 5) is 26.1. The molecular weight excluding hydrogens is 254 g/mol. The van der Waals surface area contributed by atoms with Crippen LogP contribution in [0.2, 0.25) is 0 Å². The molecule has 0 aliphatic carbocycles. The van der Waals surface area contributed by atoms with Gasteiger partial charge in [-0.1, -0.05) is 20.8 Å². The Kier molecular flexibility index (Phi) is 4.68. The van der Waals surface area contributed by atoms with E-state index in [0.29, 0.717) is 0 Å². The second-order valence-electron chi connectivity index (χ2n) is 6.97. The van der Waals surface area contributed by atoms with Crippen molar-refractivity contribution in [1.82, 2.24) is 15.5 Å². The molecule has 0 aromatic carbocycles. The summed E-state index contributed by atoms with van der Waals surface area (Å²) in [6.07, 6.45) is 3.74. The van der Waals surface area contributed by atoms with Crippen LogP contribution in [0, 0.1) is 5.41 Å². The van der Waals surface area contributed by atoms with E-state index in [4.69, 9.17) is 0 Å². The molecule has 2 aliphatic heterocycles. The first-order chi connectivity index (χ1) is 9.38. The highest BCUT2D eigenvalue weighted by atomic mass is 16.2. The smallest absolute Gasteiger partial charge is 0.237 e. The number of piperidine rings is 1. The summed E-state index contributed by atoms with van der Waals surface area (Å²) in [5.74, 6) is 0.336. The third kappa shape index (κ3) is 3.72. The molecule has 0 radical (unpaired) electrons. The summed E-state index contributed by atoms with van der Waals surface area (Å²) >= 11 is 0. The first-order valence-electron chi connectivity index (χ1n) is 7.71. The van der Waals surface area contributed by atoms with E-state index in [9.17, 15) is 9.59 Å². The molecule has 2 rings (SSSR count). The van der Waals surface area contributed by atoms with Crippen LogP contribution in [0.5, 0.6) is 0 Å². The second-order valence-corrected chi connectivity index (χ2v) is 6.97. The Balaban J connectivity index is 1.77. The van der Waals surface area contributed by atoms with Crippen molar-refractivity contribution in [2.45, 2.75) is 58.5 Å². The average molecular weight is 281 g/mol. The van der Waals surface area contributed by atoms with E-state index in [1.54, 1.807) is 0 Å². The first-order valence-corrected chi connectivity index (χ1v) is 7.71. The molecule has 2 aliphatic rings. The summed E-state index contributed by atoms with van der Waals surface area (Å²) in [6, 6.07) is 0.207. The van der Waals surface area contributed by atoms with E-state index in [2.05, 4.69) is 10.6 Å². The van der Waals surface area contributed by atoms with Gasteiger partial charge in [-0.2, -0.15) is 0 Å². The van der Waals surface area contributed by atoms with Crippen molar-refractivity contribution in [1.29, 1.82) is 0 Å². The van der Waals surface area contributed by atoms with Crippen molar-refractivity contribution >= 4 is 11.8 Å². The molecule has 0 aromatic rings. The highest BCUT2D eigenvalue weighted by Crippen LogP contribution is 2.21.